The molecular formula is C15H18N4O2S. The Bertz CT molecular complexity index is 756. The van der Waals surface area contributed by atoms with E-state index in [0.717, 1.165) is 31.0 Å². The zero-order valence-corrected chi connectivity index (χ0v) is 13.0. The van der Waals surface area contributed by atoms with Gasteiger partial charge in [-0.25, -0.2) is 4.98 Å². The molecule has 2 aliphatic rings. The monoisotopic (exact) mass is 318 g/mol. The number of hydrogen-bond donors (Lipinski definition) is 1. The van der Waals surface area contributed by atoms with E-state index in [1.807, 2.05) is 10.3 Å². The third-order valence-corrected chi connectivity index (χ3v) is 5.58. The molecule has 0 bridgehead atoms. The van der Waals surface area contributed by atoms with Crippen molar-refractivity contribution in [1.82, 2.24) is 19.8 Å². The van der Waals surface area contributed by atoms with Crippen molar-refractivity contribution in [3.05, 3.63) is 28.1 Å². The summed E-state index contributed by atoms with van der Waals surface area (Å²) in [5.74, 6) is 1.36. The smallest absolute Gasteiger partial charge is 0.262 e. The quantitative estimate of drug-likeness (QED) is 0.896. The van der Waals surface area contributed by atoms with Crippen LogP contribution in [0.3, 0.4) is 0 Å². The van der Waals surface area contributed by atoms with Crippen LogP contribution in [0.2, 0.25) is 0 Å². The number of carbonyl (C=O) groups is 1. The van der Waals surface area contributed by atoms with Gasteiger partial charge in [0.05, 0.1) is 11.7 Å². The minimum Gasteiger partial charge on any atom is -0.342 e. The highest BCUT2D eigenvalue weighted by molar-refractivity contribution is 7.16. The average molecular weight is 318 g/mol. The van der Waals surface area contributed by atoms with E-state index in [4.69, 9.17) is 0 Å². The molecule has 2 fully saturated rings. The minimum atomic E-state index is -0.0541. The highest BCUT2D eigenvalue weighted by Gasteiger charge is 2.37. The summed E-state index contributed by atoms with van der Waals surface area (Å²) in [7, 11) is 0. The molecule has 116 valence electrons. The molecule has 1 N–H and O–H groups in total. The van der Waals surface area contributed by atoms with E-state index in [-0.39, 0.29) is 11.5 Å². The van der Waals surface area contributed by atoms with Crippen LogP contribution in [-0.2, 0) is 11.3 Å². The Morgan fingerprint density at radius 2 is 2.14 bits per heavy atom. The first-order valence-electron chi connectivity index (χ1n) is 7.63. The molecule has 7 heteroatoms. The van der Waals surface area contributed by atoms with Crippen LogP contribution in [0.15, 0.2) is 22.6 Å². The number of hydrogen-bond acceptors (Lipinski definition) is 5. The van der Waals surface area contributed by atoms with Gasteiger partial charge in [0.1, 0.15) is 4.83 Å². The van der Waals surface area contributed by atoms with Gasteiger partial charge >= 0.3 is 0 Å². The second kappa shape index (κ2) is 5.48. The van der Waals surface area contributed by atoms with Crippen LogP contribution in [0.1, 0.15) is 6.42 Å². The van der Waals surface area contributed by atoms with Crippen LogP contribution >= 0.6 is 11.3 Å². The lowest BCUT2D eigenvalue weighted by molar-refractivity contribution is -0.130. The van der Waals surface area contributed by atoms with Crippen LogP contribution in [0, 0.1) is 11.8 Å². The zero-order valence-electron chi connectivity index (χ0n) is 12.2. The average Bonchev–Trinajstić information content (AvgIpc) is 3.21. The predicted molar refractivity (Wildman–Crippen MR) is 84.9 cm³/mol. The van der Waals surface area contributed by atoms with Gasteiger partial charge < -0.3 is 10.2 Å². The lowest BCUT2D eigenvalue weighted by Crippen LogP contribution is -2.33. The lowest BCUT2D eigenvalue weighted by Gasteiger charge is -2.17. The fraction of sp³-hybridized carbons (Fsp3) is 0.533. The molecule has 22 heavy (non-hydrogen) atoms. The van der Waals surface area contributed by atoms with E-state index in [0.29, 0.717) is 30.2 Å². The number of nitrogens with one attached hydrogen (secondary N) is 1. The highest BCUT2D eigenvalue weighted by atomic mass is 32.1. The van der Waals surface area contributed by atoms with Gasteiger partial charge in [-0.15, -0.1) is 11.3 Å². The second-order valence-corrected chi connectivity index (χ2v) is 7.00. The van der Waals surface area contributed by atoms with Gasteiger partial charge in [0.2, 0.25) is 5.91 Å². The summed E-state index contributed by atoms with van der Waals surface area (Å²) in [4.78, 5) is 31.6. The molecule has 2 aliphatic heterocycles. The molecule has 0 saturated carbocycles. The number of rotatable bonds is 3. The van der Waals surface area contributed by atoms with E-state index in [1.54, 1.807) is 17.0 Å². The summed E-state index contributed by atoms with van der Waals surface area (Å²) >= 11 is 1.46. The number of thiophene rings is 1. The van der Waals surface area contributed by atoms with Crippen LogP contribution in [0.5, 0.6) is 0 Å². The van der Waals surface area contributed by atoms with Crippen molar-refractivity contribution in [3.63, 3.8) is 0 Å². The maximum absolute atomic E-state index is 12.3. The van der Waals surface area contributed by atoms with Gasteiger partial charge in [0.15, 0.2) is 0 Å². The molecule has 0 unspecified atom stereocenters. The molecule has 2 atom stereocenters. The summed E-state index contributed by atoms with van der Waals surface area (Å²) in [5, 5.41) is 5.88. The van der Waals surface area contributed by atoms with Gasteiger partial charge in [-0.05, 0) is 23.3 Å². The van der Waals surface area contributed by atoms with Gasteiger partial charge in [0, 0.05) is 39.1 Å². The summed E-state index contributed by atoms with van der Waals surface area (Å²) in [5.41, 5.74) is -0.0541. The molecule has 0 radical (unpaired) electrons. The standard InChI is InChI=1S/C15H18N4O2S/c20-13(19-7-10-5-16-6-11(10)8-19)1-3-18-9-17-14-12(15(18)21)2-4-22-14/h2,4,9-11,16H,1,3,5-8H2/t10-,11+. The van der Waals surface area contributed by atoms with E-state index < -0.39 is 0 Å². The van der Waals surface area contributed by atoms with Crippen molar-refractivity contribution < 1.29 is 4.79 Å². The van der Waals surface area contributed by atoms with E-state index in [1.165, 1.54) is 11.3 Å². The van der Waals surface area contributed by atoms with Crippen LogP contribution in [0.25, 0.3) is 10.2 Å². The maximum atomic E-state index is 12.3. The van der Waals surface area contributed by atoms with Gasteiger partial charge in [-0.3, -0.25) is 14.2 Å². The molecule has 4 rings (SSSR count). The second-order valence-electron chi connectivity index (χ2n) is 6.11. The van der Waals surface area contributed by atoms with Crippen molar-refractivity contribution in [2.45, 2.75) is 13.0 Å². The van der Waals surface area contributed by atoms with Crippen LogP contribution < -0.4 is 10.9 Å². The van der Waals surface area contributed by atoms with Crippen molar-refractivity contribution in [2.75, 3.05) is 26.2 Å². The summed E-state index contributed by atoms with van der Waals surface area (Å²) in [6.07, 6.45) is 1.92. The molecule has 4 heterocycles. The van der Waals surface area contributed by atoms with Crippen LogP contribution in [0.4, 0.5) is 0 Å². The van der Waals surface area contributed by atoms with Crippen molar-refractivity contribution >= 4 is 27.5 Å². The predicted octanol–water partition coefficient (Wildman–Crippen LogP) is 0.526. The number of amides is 1. The first-order valence-corrected chi connectivity index (χ1v) is 8.51. The minimum absolute atomic E-state index is 0.0541. The van der Waals surface area contributed by atoms with Gasteiger partial charge in [0.25, 0.3) is 5.56 Å². The first-order chi connectivity index (χ1) is 10.7. The largest absolute Gasteiger partial charge is 0.342 e. The third kappa shape index (κ3) is 2.34. The molecule has 2 aromatic heterocycles. The maximum Gasteiger partial charge on any atom is 0.262 e. The van der Waals surface area contributed by atoms with Gasteiger partial charge in [-0.2, -0.15) is 0 Å². The Hall–Kier alpha value is -1.73. The Kier molecular flexibility index (Phi) is 3.46. The first kappa shape index (κ1) is 13.9. The van der Waals surface area contributed by atoms with E-state index >= 15 is 0 Å². The molecule has 0 aromatic carbocycles. The van der Waals surface area contributed by atoms with E-state index in [2.05, 4.69) is 10.3 Å². The van der Waals surface area contributed by atoms with Crippen molar-refractivity contribution in [2.24, 2.45) is 11.8 Å². The normalized spacial score (nSPS) is 24.1. The number of likely N-dealkylation sites (tertiary alicyclic amines) is 1. The number of fused-ring (bicyclic) bond motifs is 2. The Balaban J connectivity index is 1.42. The summed E-state index contributed by atoms with van der Waals surface area (Å²) in [6.45, 7) is 4.15. The molecule has 0 spiro atoms. The fourth-order valence-corrected chi connectivity index (χ4v) is 4.21. The Labute approximate surface area is 131 Å². The topological polar surface area (TPSA) is 67.2 Å². The van der Waals surface area contributed by atoms with E-state index in [9.17, 15) is 9.59 Å². The Morgan fingerprint density at radius 1 is 1.36 bits per heavy atom. The number of carbonyl (C=O) groups excluding carboxylic acids is 1. The van der Waals surface area contributed by atoms with Gasteiger partial charge in [-0.1, -0.05) is 0 Å². The molecule has 2 saturated heterocycles. The highest BCUT2D eigenvalue weighted by Crippen LogP contribution is 2.26. The number of aryl methyl sites for hydroxylation is 1. The molecule has 6 nitrogen and oxygen atoms in total. The third-order valence-electron chi connectivity index (χ3n) is 4.76. The molecular weight excluding hydrogens is 300 g/mol. The summed E-state index contributed by atoms with van der Waals surface area (Å²) in [6, 6.07) is 1.79. The zero-order chi connectivity index (χ0) is 15.1. The SMILES string of the molecule is O=C(CCn1cnc2sccc2c1=O)N1C[C@H]2CNC[C@H]2C1. The lowest BCUT2D eigenvalue weighted by atomic mass is 10.0. The van der Waals surface area contributed by atoms with Crippen molar-refractivity contribution in [1.29, 1.82) is 0 Å². The Morgan fingerprint density at radius 3 is 2.91 bits per heavy atom. The summed E-state index contributed by atoms with van der Waals surface area (Å²) < 4.78 is 1.55. The van der Waals surface area contributed by atoms with Crippen molar-refractivity contribution in [3.8, 4) is 0 Å². The van der Waals surface area contributed by atoms with Crippen LogP contribution in [-0.4, -0.2) is 46.5 Å². The number of nitrogens with zero attached hydrogens (tertiary/aromatic N) is 3. The fourth-order valence-electron chi connectivity index (χ4n) is 3.49. The molecule has 1 amide bonds. The molecule has 0 aliphatic carbocycles. The number of aromatic nitrogens is 2. The molecule has 2 aromatic rings.